The van der Waals surface area contributed by atoms with E-state index in [1.165, 1.54) is 4.57 Å². The summed E-state index contributed by atoms with van der Waals surface area (Å²) in [4.78, 5) is 15.3. The summed E-state index contributed by atoms with van der Waals surface area (Å²) in [5.41, 5.74) is 5.00. The Labute approximate surface area is 105 Å². The molecule has 1 aliphatic heterocycles. The SMILES string of the molecule is CC1(C)CC(CO)OC1Cn1ccc(N)nc1=O. The highest BCUT2D eigenvalue weighted by atomic mass is 16.5. The monoisotopic (exact) mass is 253 g/mol. The van der Waals surface area contributed by atoms with Crippen molar-refractivity contribution in [2.45, 2.75) is 39.0 Å². The quantitative estimate of drug-likeness (QED) is 0.791. The van der Waals surface area contributed by atoms with Crippen LogP contribution in [0.15, 0.2) is 17.1 Å². The normalized spacial score (nSPS) is 26.4. The largest absolute Gasteiger partial charge is 0.394 e. The standard InChI is InChI=1S/C12H19N3O3/c1-12(2)5-8(7-16)18-9(12)6-15-4-3-10(13)14-11(15)17/h3-4,8-9,16H,5-7H2,1-2H3,(H2,13,14,17). The molecular formula is C12H19N3O3. The molecular weight excluding hydrogens is 234 g/mol. The molecule has 3 N–H and O–H groups in total. The smallest absolute Gasteiger partial charge is 0.349 e. The topological polar surface area (TPSA) is 90.4 Å². The fourth-order valence-corrected chi connectivity index (χ4v) is 2.34. The number of nitrogens with two attached hydrogens (primary N) is 1. The molecule has 0 aliphatic carbocycles. The summed E-state index contributed by atoms with van der Waals surface area (Å²) in [6.45, 7) is 4.58. The fraction of sp³-hybridized carbons (Fsp3) is 0.667. The maximum Gasteiger partial charge on any atom is 0.349 e. The van der Waals surface area contributed by atoms with Gasteiger partial charge in [0, 0.05) is 6.20 Å². The Bertz CT molecular complexity index is 484. The van der Waals surface area contributed by atoms with E-state index in [2.05, 4.69) is 18.8 Å². The molecule has 0 bridgehead atoms. The first-order valence-corrected chi connectivity index (χ1v) is 6.01. The summed E-state index contributed by atoms with van der Waals surface area (Å²) in [6, 6.07) is 1.59. The number of aliphatic hydroxyl groups excluding tert-OH is 1. The van der Waals surface area contributed by atoms with Crippen LogP contribution in [0.2, 0.25) is 0 Å². The van der Waals surface area contributed by atoms with E-state index in [1.54, 1.807) is 12.3 Å². The minimum atomic E-state index is -0.373. The molecule has 2 unspecified atom stereocenters. The number of ether oxygens (including phenoxy) is 1. The molecule has 1 saturated heterocycles. The third-order valence-corrected chi connectivity index (χ3v) is 3.44. The molecule has 1 fully saturated rings. The van der Waals surface area contributed by atoms with Crippen LogP contribution in [0.3, 0.4) is 0 Å². The van der Waals surface area contributed by atoms with Crippen LogP contribution < -0.4 is 11.4 Å². The van der Waals surface area contributed by atoms with E-state index in [-0.39, 0.29) is 35.7 Å². The number of nitrogens with zero attached hydrogens (tertiary/aromatic N) is 2. The van der Waals surface area contributed by atoms with Gasteiger partial charge in [-0.15, -0.1) is 0 Å². The molecule has 0 aromatic carbocycles. The van der Waals surface area contributed by atoms with Crippen molar-refractivity contribution in [3.05, 3.63) is 22.7 Å². The van der Waals surface area contributed by atoms with E-state index >= 15 is 0 Å². The Morgan fingerprint density at radius 3 is 2.94 bits per heavy atom. The van der Waals surface area contributed by atoms with E-state index in [1.807, 2.05) is 0 Å². The predicted molar refractivity (Wildman–Crippen MR) is 67.1 cm³/mol. The maximum atomic E-state index is 11.7. The molecule has 0 saturated carbocycles. The Morgan fingerprint density at radius 1 is 1.67 bits per heavy atom. The molecule has 0 spiro atoms. The number of rotatable bonds is 3. The zero-order valence-electron chi connectivity index (χ0n) is 10.7. The molecule has 1 aliphatic rings. The number of aliphatic hydroxyl groups is 1. The Kier molecular flexibility index (Phi) is 3.41. The molecule has 0 radical (unpaired) electrons. The average molecular weight is 253 g/mol. The number of aromatic nitrogens is 2. The van der Waals surface area contributed by atoms with Gasteiger partial charge < -0.3 is 15.6 Å². The number of nitrogen functional groups attached to an aromatic ring is 1. The first kappa shape index (κ1) is 13.0. The second-order valence-electron chi connectivity index (χ2n) is 5.41. The van der Waals surface area contributed by atoms with Crippen molar-refractivity contribution in [1.29, 1.82) is 0 Å². The molecule has 100 valence electrons. The summed E-state index contributed by atoms with van der Waals surface area (Å²) in [7, 11) is 0. The highest BCUT2D eigenvalue weighted by Gasteiger charge is 2.41. The van der Waals surface area contributed by atoms with Crippen LogP contribution in [0.1, 0.15) is 20.3 Å². The molecule has 2 heterocycles. The maximum absolute atomic E-state index is 11.7. The summed E-state index contributed by atoms with van der Waals surface area (Å²) in [5.74, 6) is 0.219. The van der Waals surface area contributed by atoms with Crippen molar-refractivity contribution in [3.8, 4) is 0 Å². The second-order valence-corrected chi connectivity index (χ2v) is 5.41. The summed E-state index contributed by atoms with van der Waals surface area (Å²) in [5, 5.41) is 9.15. The average Bonchev–Trinajstić information content (AvgIpc) is 2.58. The predicted octanol–water partition coefficient (Wildman–Crippen LogP) is 0.00150. The summed E-state index contributed by atoms with van der Waals surface area (Å²) in [6.07, 6.45) is 2.14. The van der Waals surface area contributed by atoms with Gasteiger partial charge in [0.1, 0.15) is 5.82 Å². The third-order valence-electron chi connectivity index (χ3n) is 3.44. The molecule has 6 nitrogen and oxygen atoms in total. The van der Waals surface area contributed by atoms with Crippen LogP contribution in [0.5, 0.6) is 0 Å². The second kappa shape index (κ2) is 4.70. The Morgan fingerprint density at radius 2 is 2.39 bits per heavy atom. The van der Waals surface area contributed by atoms with E-state index in [9.17, 15) is 4.79 Å². The van der Waals surface area contributed by atoms with Crippen LogP contribution >= 0.6 is 0 Å². The van der Waals surface area contributed by atoms with E-state index in [0.717, 1.165) is 6.42 Å². The Hall–Kier alpha value is -1.40. The van der Waals surface area contributed by atoms with Gasteiger partial charge in [0.15, 0.2) is 0 Å². The molecule has 2 atom stereocenters. The number of anilines is 1. The molecule has 18 heavy (non-hydrogen) atoms. The number of hydrogen-bond donors (Lipinski definition) is 2. The van der Waals surface area contributed by atoms with Gasteiger partial charge >= 0.3 is 5.69 Å². The van der Waals surface area contributed by atoms with Crippen molar-refractivity contribution in [2.75, 3.05) is 12.3 Å². The molecule has 6 heteroatoms. The lowest BCUT2D eigenvalue weighted by Gasteiger charge is -2.25. The first-order chi connectivity index (χ1) is 8.42. The van der Waals surface area contributed by atoms with Crippen LogP contribution in [0, 0.1) is 5.41 Å². The van der Waals surface area contributed by atoms with Crippen LogP contribution in [0.25, 0.3) is 0 Å². The highest BCUT2D eigenvalue weighted by Crippen LogP contribution is 2.38. The highest BCUT2D eigenvalue weighted by molar-refractivity contribution is 5.23. The van der Waals surface area contributed by atoms with Crippen LogP contribution in [-0.2, 0) is 11.3 Å². The summed E-state index contributed by atoms with van der Waals surface area (Å²) >= 11 is 0. The minimum Gasteiger partial charge on any atom is -0.394 e. The van der Waals surface area contributed by atoms with Gasteiger partial charge in [0.25, 0.3) is 0 Å². The zero-order chi connectivity index (χ0) is 13.3. The molecule has 0 amide bonds. The lowest BCUT2D eigenvalue weighted by molar-refractivity contribution is -0.0132. The number of hydrogen-bond acceptors (Lipinski definition) is 5. The zero-order valence-corrected chi connectivity index (χ0v) is 10.7. The molecule has 2 rings (SSSR count). The van der Waals surface area contributed by atoms with Crippen molar-refractivity contribution >= 4 is 5.82 Å². The fourth-order valence-electron chi connectivity index (χ4n) is 2.34. The van der Waals surface area contributed by atoms with Gasteiger partial charge in [-0.1, -0.05) is 13.8 Å². The lowest BCUT2D eigenvalue weighted by Crippen LogP contribution is -2.34. The minimum absolute atomic E-state index is 0.00875. The van der Waals surface area contributed by atoms with Crippen molar-refractivity contribution in [1.82, 2.24) is 9.55 Å². The lowest BCUT2D eigenvalue weighted by atomic mass is 9.84. The summed E-state index contributed by atoms with van der Waals surface area (Å²) < 4.78 is 7.23. The van der Waals surface area contributed by atoms with E-state index in [0.29, 0.717) is 6.54 Å². The van der Waals surface area contributed by atoms with E-state index in [4.69, 9.17) is 15.6 Å². The van der Waals surface area contributed by atoms with Gasteiger partial charge in [0.05, 0.1) is 25.4 Å². The van der Waals surface area contributed by atoms with Gasteiger partial charge in [-0.05, 0) is 17.9 Å². The van der Waals surface area contributed by atoms with Crippen molar-refractivity contribution in [3.63, 3.8) is 0 Å². The van der Waals surface area contributed by atoms with Gasteiger partial charge in [0.2, 0.25) is 0 Å². The molecule has 1 aromatic rings. The van der Waals surface area contributed by atoms with Crippen molar-refractivity contribution < 1.29 is 9.84 Å². The first-order valence-electron chi connectivity index (χ1n) is 6.01. The Balaban J connectivity index is 2.16. The van der Waals surface area contributed by atoms with Crippen molar-refractivity contribution in [2.24, 2.45) is 5.41 Å². The van der Waals surface area contributed by atoms with Crippen LogP contribution in [-0.4, -0.2) is 33.5 Å². The van der Waals surface area contributed by atoms with E-state index < -0.39 is 0 Å². The van der Waals surface area contributed by atoms with Gasteiger partial charge in [-0.25, -0.2) is 4.79 Å². The van der Waals surface area contributed by atoms with Gasteiger partial charge in [-0.2, -0.15) is 4.98 Å². The third kappa shape index (κ3) is 2.54. The van der Waals surface area contributed by atoms with Crippen LogP contribution in [0.4, 0.5) is 5.82 Å². The molecule has 1 aromatic heterocycles. The van der Waals surface area contributed by atoms with Gasteiger partial charge in [-0.3, -0.25) is 4.57 Å².